The van der Waals surface area contributed by atoms with Crippen LogP contribution in [0.5, 0.6) is 0 Å². The lowest BCUT2D eigenvalue weighted by Crippen LogP contribution is -2.51. The van der Waals surface area contributed by atoms with Gasteiger partial charge in [0.05, 0.1) is 10.6 Å². The molecule has 0 unspecified atom stereocenters. The Morgan fingerprint density at radius 2 is 1.51 bits per heavy atom. The van der Waals surface area contributed by atoms with Gasteiger partial charge in [0.15, 0.2) is 0 Å². The first-order chi connectivity index (χ1) is 18.4. The van der Waals surface area contributed by atoms with Crippen molar-refractivity contribution in [3.63, 3.8) is 0 Å². The monoisotopic (exact) mass is 569 g/mol. The van der Waals surface area contributed by atoms with Gasteiger partial charge in [0, 0.05) is 18.1 Å². The Morgan fingerprint density at radius 1 is 0.897 bits per heavy atom. The fraction of sp³-hybridized carbons (Fsp3) is 0.333. The Balaban J connectivity index is 2.01. The molecule has 3 rings (SSSR count). The molecule has 7 nitrogen and oxygen atoms in total. The molecule has 0 fully saturated rings. The van der Waals surface area contributed by atoms with Gasteiger partial charge < -0.3 is 10.2 Å². The highest BCUT2D eigenvalue weighted by atomic mass is 35.5. The number of sulfonamides is 1. The van der Waals surface area contributed by atoms with Gasteiger partial charge in [-0.25, -0.2) is 8.42 Å². The van der Waals surface area contributed by atoms with Crippen LogP contribution in [0.2, 0.25) is 5.02 Å². The molecule has 208 valence electrons. The van der Waals surface area contributed by atoms with Crippen LogP contribution in [-0.4, -0.2) is 44.3 Å². The summed E-state index contributed by atoms with van der Waals surface area (Å²) in [5.41, 5.74) is 3.05. The Morgan fingerprint density at radius 3 is 2.10 bits per heavy atom. The van der Waals surface area contributed by atoms with Crippen LogP contribution in [0.1, 0.15) is 37.5 Å². The number of aryl methyl sites for hydroxylation is 2. The van der Waals surface area contributed by atoms with Gasteiger partial charge in [0.25, 0.3) is 10.0 Å². The predicted octanol–water partition coefficient (Wildman–Crippen LogP) is 5.34. The topological polar surface area (TPSA) is 86.8 Å². The molecule has 0 aromatic heterocycles. The molecule has 39 heavy (non-hydrogen) atoms. The van der Waals surface area contributed by atoms with Crippen molar-refractivity contribution in [1.29, 1.82) is 0 Å². The van der Waals surface area contributed by atoms with E-state index >= 15 is 0 Å². The number of halogens is 1. The number of nitrogens with zero attached hydrogens (tertiary/aromatic N) is 2. The number of benzene rings is 3. The van der Waals surface area contributed by atoms with Crippen LogP contribution in [0, 0.1) is 19.8 Å². The summed E-state index contributed by atoms with van der Waals surface area (Å²) in [6.45, 7) is 9.58. The second-order valence-electron chi connectivity index (χ2n) is 10.1. The maximum Gasteiger partial charge on any atom is 0.264 e. The summed E-state index contributed by atoms with van der Waals surface area (Å²) in [5, 5.41) is 3.29. The molecule has 0 saturated heterocycles. The van der Waals surface area contributed by atoms with Crippen LogP contribution in [0.15, 0.2) is 77.7 Å². The van der Waals surface area contributed by atoms with E-state index < -0.39 is 28.5 Å². The van der Waals surface area contributed by atoms with Gasteiger partial charge in [-0.2, -0.15) is 0 Å². The predicted molar refractivity (Wildman–Crippen MR) is 156 cm³/mol. The molecular formula is C30H36ClN3O4S. The summed E-state index contributed by atoms with van der Waals surface area (Å²) in [5.74, 6) is -0.557. The fourth-order valence-corrected chi connectivity index (χ4v) is 5.62. The number of hydrogen-bond donors (Lipinski definition) is 1. The van der Waals surface area contributed by atoms with Crippen LogP contribution in [0.4, 0.5) is 5.69 Å². The maximum atomic E-state index is 13.9. The van der Waals surface area contributed by atoms with Gasteiger partial charge in [0.2, 0.25) is 11.8 Å². The van der Waals surface area contributed by atoms with Crippen molar-refractivity contribution in [3.8, 4) is 0 Å². The van der Waals surface area contributed by atoms with Crippen LogP contribution >= 0.6 is 11.6 Å². The van der Waals surface area contributed by atoms with E-state index in [-0.39, 0.29) is 23.3 Å². The van der Waals surface area contributed by atoms with Gasteiger partial charge in [-0.05, 0) is 74.2 Å². The van der Waals surface area contributed by atoms with Gasteiger partial charge in [-0.3, -0.25) is 13.9 Å². The van der Waals surface area contributed by atoms with Crippen molar-refractivity contribution < 1.29 is 18.0 Å². The minimum atomic E-state index is -4.14. The van der Waals surface area contributed by atoms with E-state index in [4.69, 9.17) is 11.6 Å². The molecule has 0 spiro atoms. The maximum absolute atomic E-state index is 13.9. The van der Waals surface area contributed by atoms with Crippen molar-refractivity contribution in [2.45, 2.75) is 52.1 Å². The highest BCUT2D eigenvalue weighted by Crippen LogP contribution is 2.26. The zero-order chi connectivity index (χ0) is 28.7. The molecular weight excluding hydrogens is 534 g/mol. The first kappa shape index (κ1) is 30.2. The van der Waals surface area contributed by atoms with E-state index in [9.17, 15) is 18.0 Å². The smallest absolute Gasteiger partial charge is 0.264 e. The first-order valence-electron chi connectivity index (χ1n) is 12.9. The molecule has 0 aliphatic carbocycles. The minimum Gasteiger partial charge on any atom is -0.354 e. The second kappa shape index (κ2) is 13.1. The molecule has 3 aromatic rings. The second-order valence-corrected chi connectivity index (χ2v) is 12.4. The summed E-state index contributed by atoms with van der Waals surface area (Å²) in [6.07, 6.45) is 0. The summed E-state index contributed by atoms with van der Waals surface area (Å²) in [6, 6.07) is 19.6. The lowest BCUT2D eigenvalue weighted by molar-refractivity contribution is -0.139. The number of carbonyl (C=O) groups is 2. The molecule has 0 radical (unpaired) electrons. The molecule has 3 aromatic carbocycles. The number of rotatable bonds is 11. The number of carbonyl (C=O) groups excluding carboxylic acids is 2. The van der Waals surface area contributed by atoms with Gasteiger partial charge in [-0.15, -0.1) is 0 Å². The highest BCUT2D eigenvalue weighted by molar-refractivity contribution is 7.92. The molecule has 0 aliphatic heterocycles. The van der Waals surface area contributed by atoms with E-state index in [1.807, 2.05) is 58.0 Å². The van der Waals surface area contributed by atoms with Crippen LogP contribution in [0.25, 0.3) is 0 Å². The highest BCUT2D eigenvalue weighted by Gasteiger charge is 2.32. The molecule has 9 heteroatoms. The zero-order valence-corrected chi connectivity index (χ0v) is 24.6. The Bertz CT molecular complexity index is 1410. The molecule has 1 N–H and O–H groups in total. The minimum absolute atomic E-state index is 0.00849. The molecule has 0 saturated carbocycles. The Labute approximate surface area is 236 Å². The summed E-state index contributed by atoms with van der Waals surface area (Å²) < 4.78 is 28.8. The molecule has 2 amide bonds. The normalized spacial score (nSPS) is 12.2. The quantitative estimate of drug-likeness (QED) is 0.338. The van der Waals surface area contributed by atoms with Gasteiger partial charge >= 0.3 is 0 Å². The zero-order valence-electron chi connectivity index (χ0n) is 23.0. The largest absolute Gasteiger partial charge is 0.354 e. The van der Waals surface area contributed by atoms with Crippen LogP contribution in [0.3, 0.4) is 0 Å². The lowest BCUT2D eigenvalue weighted by Gasteiger charge is -2.32. The molecule has 0 bridgehead atoms. The van der Waals surface area contributed by atoms with Crippen molar-refractivity contribution in [1.82, 2.24) is 10.2 Å². The van der Waals surface area contributed by atoms with E-state index in [0.29, 0.717) is 17.3 Å². The third-order valence-corrected chi connectivity index (χ3v) is 8.30. The molecule has 0 heterocycles. The van der Waals surface area contributed by atoms with Gasteiger partial charge in [0.1, 0.15) is 12.6 Å². The summed E-state index contributed by atoms with van der Waals surface area (Å²) >= 11 is 6.00. The Kier molecular flexibility index (Phi) is 10.2. The summed E-state index contributed by atoms with van der Waals surface area (Å²) in [4.78, 5) is 28.4. The first-order valence-corrected chi connectivity index (χ1v) is 14.7. The van der Waals surface area contributed by atoms with Crippen molar-refractivity contribution >= 4 is 39.1 Å². The van der Waals surface area contributed by atoms with E-state index in [1.165, 1.54) is 29.2 Å². The number of amides is 2. The number of anilines is 1. The third kappa shape index (κ3) is 8.07. The van der Waals surface area contributed by atoms with Crippen molar-refractivity contribution in [2.75, 3.05) is 17.4 Å². The van der Waals surface area contributed by atoms with Crippen LogP contribution in [-0.2, 0) is 26.2 Å². The molecule has 1 atom stereocenters. The average molecular weight is 570 g/mol. The molecule has 0 aliphatic rings. The van der Waals surface area contributed by atoms with E-state index in [1.54, 1.807) is 25.1 Å². The SMILES string of the molecule is Cc1cccc(CN(C(=O)CN(c2cccc(C)c2)S(=O)(=O)c2ccc(Cl)cc2)[C@H](C)C(=O)NCC(C)C)c1. The summed E-state index contributed by atoms with van der Waals surface area (Å²) in [7, 11) is -4.14. The van der Waals surface area contributed by atoms with Crippen LogP contribution < -0.4 is 9.62 Å². The van der Waals surface area contributed by atoms with E-state index in [0.717, 1.165) is 21.0 Å². The fourth-order valence-electron chi connectivity index (χ4n) is 4.09. The van der Waals surface area contributed by atoms with Crippen molar-refractivity contribution in [2.24, 2.45) is 5.92 Å². The van der Waals surface area contributed by atoms with Gasteiger partial charge in [-0.1, -0.05) is 67.4 Å². The number of hydrogen-bond acceptors (Lipinski definition) is 4. The number of nitrogens with one attached hydrogen (secondary N) is 1. The van der Waals surface area contributed by atoms with Crippen molar-refractivity contribution in [3.05, 3.63) is 94.5 Å². The standard InChI is InChI=1S/C30H36ClN3O4S/c1-21(2)18-32-30(36)24(5)33(19-25-10-6-8-22(3)16-25)29(35)20-34(27-11-7-9-23(4)17-27)39(37,38)28-14-12-26(31)13-15-28/h6-17,21,24H,18-20H2,1-5H3,(H,32,36)/t24-/m1/s1. The average Bonchev–Trinajstić information content (AvgIpc) is 2.88. The lowest BCUT2D eigenvalue weighted by atomic mass is 10.1. The Hall–Kier alpha value is -3.36. The van der Waals surface area contributed by atoms with E-state index in [2.05, 4.69) is 5.32 Å². The third-order valence-electron chi connectivity index (χ3n) is 6.26.